The van der Waals surface area contributed by atoms with Crippen molar-refractivity contribution >= 4 is 24.7 Å². The molecule has 0 saturated carbocycles. The Morgan fingerprint density at radius 3 is 2.43 bits per heavy atom. The second-order valence-electron chi connectivity index (χ2n) is 6.36. The summed E-state index contributed by atoms with van der Waals surface area (Å²) in [4.78, 5) is 19.2. The Labute approximate surface area is 175 Å². The molecular weight excluding hydrogens is 412 g/mol. The van der Waals surface area contributed by atoms with Crippen LogP contribution in [0.15, 0.2) is 59.6 Å². The molecule has 152 valence electrons. The van der Waals surface area contributed by atoms with Crippen LogP contribution in [-0.4, -0.2) is 42.7 Å². The molecule has 0 atom stereocenters. The highest BCUT2D eigenvalue weighted by atomic mass is 35.5. The lowest BCUT2D eigenvalue weighted by molar-refractivity contribution is -0.00164. The third-order valence-corrected chi connectivity index (χ3v) is 4.69. The van der Waals surface area contributed by atoms with Gasteiger partial charge in [0.15, 0.2) is 0 Å². The molecule has 11 heteroatoms. The molecular formula is C19H16BClFN5O3. The van der Waals surface area contributed by atoms with Gasteiger partial charge in [-0.3, -0.25) is 9.11 Å². The van der Waals surface area contributed by atoms with E-state index >= 15 is 0 Å². The topological polar surface area (TPSA) is 128 Å². The zero-order chi connectivity index (χ0) is 21.8. The van der Waals surface area contributed by atoms with Crippen molar-refractivity contribution in [2.24, 2.45) is 0 Å². The summed E-state index contributed by atoms with van der Waals surface area (Å²) >= 11 is 5.93. The van der Waals surface area contributed by atoms with Crippen molar-refractivity contribution in [3.05, 3.63) is 86.9 Å². The number of H-pyrrole nitrogens is 1. The van der Waals surface area contributed by atoms with Crippen LogP contribution < -0.4 is 5.56 Å². The lowest BCUT2D eigenvalue weighted by Crippen LogP contribution is -2.14. The first-order chi connectivity index (χ1) is 14.3. The van der Waals surface area contributed by atoms with Crippen LogP contribution in [0.25, 0.3) is 22.5 Å². The molecule has 0 spiro atoms. The summed E-state index contributed by atoms with van der Waals surface area (Å²) in [7, 11) is -2.67. The van der Waals surface area contributed by atoms with Crippen LogP contribution in [0.2, 0.25) is 5.02 Å². The number of nitrogens with one attached hydrogen (secondary N) is 1. The first-order valence-electron chi connectivity index (χ1n) is 8.77. The number of halogens is 2. The molecule has 8 nitrogen and oxygen atoms in total. The minimum Gasteiger partial charge on any atom is -0.398 e. The normalized spacial score (nSPS) is 15.0. The van der Waals surface area contributed by atoms with E-state index in [0.717, 1.165) is 11.3 Å². The van der Waals surface area contributed by atoms with Gasteiger partial charge in [-0.1, -0.05) is 23.8 Å². The van der Waals surface area contributed by atoms with Crippen LogP contribution in [0.1, 0.15) is 17.2 Å². The third kappa shape index (κ3) is 4.47. The van der Waals surface area contributed by atoms with Gasteiger partial charge in [0.1, 0.15) is 5.69 Å². The fourth-order valence-electron chi connectivity index (χ4n) is 3.13. The molecule has 0 fully saturated rings. The molecule has 0 bridgehead atoms. The zero-order valence-electron chi connectivity index (χ0n) is 15.7. The molecule has 30 heavy (non-hydrogen) atoms. The maximum absolute atomic E-state index is 12.8. The number of hydrogen-bond acceptors (Lipinski definition) is 4. The third-order valence-electron chi connectivity index (χ3n) is 4.44. The summed E-state index contributed by atoms with van der Waals surface area (Å²) in [5.74, 6) is -0.0755. The Morgan fingerprint density at radius 2 is 1.87 bits per heavy atom. The average molecular weight is 428 g/mol. The summed E-state index contributed by atoms with van der Waals surface area (Å²) in [5.41, 5.74) is 12.8. The van der Waals surface area contributed by atoms with Gasteiger partial charge >= 0.3 is 13.1 Å². The van der Waals surface area contributed by atoms with E-state index in [0.29, 0.717) is 27.7 Å². The van der Waals surface area contributed by atoms with Gasteiger partial charge in [-0.05, 0) is 31.2 Å². The highest BCUT2D eigenvalue weighted by Gasteiger charge is 2.25. The van der Waals surface area contributed by atoms with Crippen LogP contribution >= 0.6 is 11.6 Å². The van der Waals surface area contributed by atoms with Crippen molar-refractivity contribution in [2.75, 3.05) is 0 Å². The minimum atomic E-state index is -2.67. The minimum absolute atomic E-state index is 0.0755. The highest BCUT2D eigenvalue weighted by molar-refractivity contribution is 6.31. The first-order valence-corrected chi connectivity index (χ1v) is 9.15. The lowest BCUT2D eigenvalue weighted by Gasteiger charge is -2.15. The van der Waals surface area contributed by atoms with Crippen LogP contribution in [0.3, 0.4) is 0 Å². The number of allylic oxidation sites excluding steroid dienone is 4. The summed E-state index contributed by atoms with van der Waals surface area (Å²) in [6, 6.07) is 6.97. The number of hydrogen-bond donors (Lipinski definition) is 3. The molecule has 3 aliphatic rings. The molecule has 1 aliphatic carbocycles. The van der Waals surface area contributed by atoms with E-state index in [4.69, 9.17) is 27.2 Å². The predicted octanol–water partition coefficient (Wildman–Crippen LogP) is 2.43. The Bertz CT molecular complexity index is 1180. The van der Waals surface area contributed by atoms with Gasteiger partial charge in [-0.15, -0.1) is 0 Å². The molecule has 1 aromatic rings. The van der Waals surface area contributed by atoms with Crippen LogP contribution in [-0.2, 0) is 0 Å². The Kier molecular flexibility index (Phi) is 6.44. The standard InChI is InChI=1S/C19H14ClN5O.BFH2O2/c1-11-17(12-2-6-14(23-21)7-3-12)18-16(10-22-11)19(26)25(24-18)15-8-4-13(20)5-9-15;2-1(3)4/h2-10,12,22H,1H3;3-4H. The summed E-state index contributed by atoms with van der Waals surface area (Å²) in [6.07, 6.45) is 8.98. The molecule has 3 N–H and O–H groups in total. The number of aromatic nitrogens is 3. The summed E-state index contributed by atoms with van der Waals surface area (Å²) in [6.45, 7) is 1.94. The van der Waals surface area contributed by atoms with Crippen molar-refractivity contribution in [1.29, 1.82) is 0 Å². The molecule has 0 saturated heterocycles. The molecule has 0 amide bonds. The number of pyridine rings is 1. The van der Waals surface area contributed by atoms with Crippen molar-refractivity contribution < 1.29 is 19.2 Å². The SMILES string of the molecule is Cc1[nH]cc2c(=O)n(-c3ccc(Cl)cc3)nc-2c1C1C=CC(=[N+]=[N-])C=C1.OB(O)F. The molecule has 0 aromatic heterocycles. The van der Waals surface area contributed by atoms with Crippen LogP contribution in [0, 0.1) is 6.92 Å². The molecule has 2 aliphatic heterocycles. The van der Waals surface area contributed by atoms with E-state index in [1.54, 1.807) is 42.6 Å². The number of fused-ring (bicyclic) bond motifs is 1. The average Bonchev–Trinajstić information content (AvgIpc) is 3.05. The number of aryl methyl sites for hydroxylation is 1. The van der Waals surface area contributed by atoms with E-state index in [2.05, 4.69) is 14.9 Å². The molecule has 0 radical (unpaired) electrons. The summed E-state index contributed by atoms with van der Waals surface area (Å²) < 4.78 is 11.5. The van der Waals surface area contributed by atoms with Gasteiger partial charge < -0.3 is 20.6 Å². The Balaban J connectivity index is 0.000000589. The molecule has 0 unspecified atom stereocenters. The van der Waals surface area contributed by atoms with E-state index < -0.39 is 7.40 Å². The predicted molar refractivity (Wildman–Crippen MR) is 112 cm³/mol. The van der Waals surface area contributed by atoms with Gasteiger partial charge in [0.05, 0.1) is 11.3 Å². The largest absolute Gasteiger partial charge is 0.674 e. The lowest BCUT2D eigenvalue weighted by atomic mass is 9.90. The van der Waals surface area contributed by atoms with Crippen molar-refractivity contribution in [1.82, 2.24) is 14.8 Å². The van der Waals surface area contributed by atoms with E-state index in [-0.39, 0.29) is 11.5 Å². The Morgan fingerprint density at radius 1 is 1.27 bits per heavy atom. The van der Waals surface area contributed by atoms with Gasteiger partial charge in [0.2, 0.25) is 0 Å². The van der Waals surface area contributed by atoms with E-state index in [9.17, 15) is 9.11 Å². The first kappa shape index (κ1) is 21.4. The maximum atomic E-state index is 12.8. The molecule has 4 rings (SSSR count). The van der Waals surface area contributed by atoms with Gasteiger partial charge in [0.25, 0.3) is 5.56 Å². The van der Waals surface area contributed by atoms with Gasteiger partial charge in [0, 0.05) is 40.5 Å². The number of benzene rings is 1. The fraction of sp³-hybridized carbons (Fsp3) is 0.105. The quantitative estimate of drug-likeness (QED) is 0.330. The second-order valence-corrected chi connectivity index (χ2v) is 6.80. The molecule has 2 heterocycles. The van der Waals surface area contributed by atoms with E-state index in [1.165, 1.54) is 4.68 Å². The molecule has 1 aromatic carbocycles. The van der Waals surface area contributed by atoms with E-state index in [1.807, 2.05) is 19.1 Å². The number of rotatable bonds is 2. The zero-order valence-corrected chi connectivity index (χ0v) is 16.5. The van der Waals surface area contributed by atoms with Crippen LogP contribution in [0.4, 0.5) is 4.32 Å². The smallest absolute Gasteiger partial charge is 0.398 e. The van der Waals surface area contributed by atoms with Crippen molar-refractivity contribution in [3.8, 4) is 16.9 Å². The number of aromatic amines is 1. The monoisotopic (exact) mass is 427 g/mol. The highest BCUT2D eigenvalue weighted by Crippen LogP contribution is 2.32. The summed E-state index contributed by atoms with van der Waals surface area (Å²) in [5, 5.41) is 19.1. The van der Waals surface area contributed by atoms with Crippen molar-refractivity contribution in [2.45, 2.75) is 12.8 Å². The van der Waals surface area contributed by atoms with Gasteiger partial charge in [-0.2, -0.15) is 14.6 Å². The Hall–Kier alpha value is -3.30. The maximum Gasteiger partial charge on any atom is 0.674 e. The van der Waals surface area contributed by atoms with Crippen molar-refractivity contribution in [3.63, 3.8) is 0 Å². The fourth-order valence-corrected chi connectivity index (χ4v) is 3.25. The van der Waals surface area contributed by atoms with Crippen LogP contribution in [0.5, 0.6) is 0 Å². The van der Waals surface area contributed by atoms with Gasteiger partial charge in [-0.25, -0.2) is 0 Å². The number of nitrogens with zero attached hydrogens (tertiary/aromatic N) is 4. The second kappa shape index (κ2) is 9.02.